The highest BCUT2D eigenvalue weighted by atomic mass is 32.2. The minimum absolute atomic E-state index is 0.105. The van der Waals surface area contributed by atoms with E-state index >= 15 is 0 Å². The summed E-state index contributed by atoms with van der Waals surface area (Å²) < 4.78 is 20.1. The lowest BCUT2D eigenvalue weighted by atomic mass is 10.1. The van der Waals surface area contributed by atoms with Crippen molar-refractivity contribution in [3.8, 4) is 0 Å². The van der Waals surface area contributed by atoms with Crippen LogP contribution in [0.2, 0.25) is 0 Å². The van der Waals surface area contributed by atoms with E-state index in [9.17, 15) is 9.18 Å². The van der Waals surface area contributed by atoms with Gasteiger partial charge in [0.25, 0.3) is 5.91 Å². The summed E-state index contributed by atoms with van der Waals surface area (Å²) in [5.74, 6) is 0.282. The molecule has 2 aromatic heterocycles. The number of carbonyl (C=O) groups excluding carboxylic acids is 1. The van der Waals surface area contributed by atoms with E-state index in [1.807, 2.05) is 50.2 Å². The molecule has 0 radical (unpaired) electrons. The number of likely N-dealkylation sites (N-methyl/N-ethyl adjacent to an activating group) is 1. The molecule has 2 aromatic carbocycles. The van der Waals surface area contributed by atoms with Crippen molar-refractivity contribution in [3.05, 3.63) is 76.2 Å². The largest absolute Gasteiger partial charge is 0.451 e. The second-order valence-corrected chi connectivity index (χ2v) is 9.93. The Labute approximate surface area is 193 Å². The smallest absolute Gasteiger partial charge is 0.287 e. The number of aryl methyl sites for hydroxylation is 1. The summed E-state index contributed by atoms with van der Waals surface area (Å²) >= 11 is 3.06. The van der Waals surface area contributed by atoms with Gasteiger partial charge in [0, 0.05) is 23.2 Å². The van der Waals surface area contributed by atoms with Crippen LogP contribution in [-0.4, -0.2) is 41.6 Å². The zero-order chi connectivity index (χ0) is 22.7. The van der Waals surface area contributed by atoms with Gasteiger partial charge in [-0.05, 0) is 44.8 Å². The summed E-state index contributed by atoms with van der Waals surface area (Å²) in [5.41, 5.74) is 2.42. The van der Waals surface area contributed by atoms with Crippen LogP contribution < -0.4 is 5.32 Å². The van der Waals surface area contributed by atoms with E-state index in [-0.39, 0.29) is 17.8 Å². The molecule has 0 bridgehead atoms. The van der Waals surface area contributed by atoms with Gasteiger partial charge in [-0.25, -0.2) is 4.39 Å². The third-order valence-corrected chi connectivity index (χ3v) is 7.08. The standard InChI is InChI=1S/C23H23FN4O2S2/c1-14-26-27-23(32-14)31-13-18-17-6-4-5-7-20(17)30-21(18)22(29)25-12-19(28(2)3)15-8-10-16(24)11-9-15/h4-11,19H,12-13H2,1-3H3,(H,25,29). The maximum absolute atomic E-state index is 13.3. The van der Waals surface area contributed by atoms with Gasteiger partial charge in [0.1, 0.15) is 16.4 Å². The Hall–Kier alpha value is -2.75. The number of amides is 1. The molecule has 0 saturated carbocycles. The second kappa shape index (κ2) is 9.81. The molecule has 0 aliphatic rings. The third kappa shape index (κ3) is 5.01. The number of fused-ring (bicyclic) bond motifs is 1. The van der Waals surface area contributed by atoms with Crippen LogP contribution in [0.5, 0.6) is 0 Å². The van der Waals surface area contributed by atoms with Crippen LogP contribution in [0.15, 0.2) is 57.3 Å². The Morgan fingerprint density at radius 2 is 1.94 bits per heavy atom. The molecule has 1 unspecified atom stereocenters. The molecule has 9 heteroatoms. The van der Waals surface area contributed by atoms with E-state index in [1.165, 1.54) is 35.2 Å². The number of nitrogens with zero attached hydrogens (tertiary/aromatic N) is 3. The van der Waals surface area contributed by atoms with E-state index in [4.69, 9.17) is 4.42 Å². The second-order valence-electron chi connectivity index (χ2n) is 7.52. The average molecular weight is 471 g/mol. The lowest BCUT2D eigenvalue weighted by Gasteiger charge is -2.25. The lowest BCUT2D eigenvalue weighted by Crippen LogP contribution is -2.34. The van der Waals surface area contributed by atoms with Crippen molar-refractivity contribution in [1.82, 2.24) is 20.4 Å². The Morgan fingerprint density at radius 3 is 2.62 bits per heavy atom. The van der Waals surface area contributed by atoms with E-state index in [1.54, 1.807) is 12.1 Å². The molecule has 0 fully saturated rings. The van der Waals surface area contributed by atoms with Crippen LogP contribution in [0.3, 0.4) is 0 Å². The minimum Gasteiger partial charge on any atom is -0.451 e. The highest BCUT2D eigenvalue weighted by molar-refractivity contribution is 8.00. The SMILES string of the molecule is Cc1nnc(SCc2c(C(=O)NCC(c3ccc(F)cc3)N(C)C)oc3ccccc23)s1. The van der Waals surface area contributed by atoms with Gasteiger partial charge in [0.05, 0.1) is 6.04 Å². The number of hydrogen-bond donors (Lipinski definition) is 1. The number of furan rings is 1. The molecule has 4 aromatic rings. The summed E-state index contributed by atoms with van der Waals surface area (Å²) in [7, 11) is 3.85. The average Bonchev–Trinajstić information content (AvgIpc) is 3.36. The van der Waals surface area contributed by atoms with Gasteiger partial charge in [0.2, 0.25) is 0 Å². The summed E-state index contributed by atoms with van der Waals surface area (Å²) in [4.78, 5) is 15.1. The van der Waals surface area contributed by atoms with Gasteiger partial charge < -0.3 is 14.6 Å². The monoisotopic (exact) mass is 470 g/mol. The minimum atomic E-state index is -0.287. The molecular formula is C23H23FN4O2S2. The van der Waals surface area contributed by atoms with Crippen molar-refractivity contribution < 1.29 is 13.6 Å². The number of thioether (sulfide) groups is 1. The number of para-hydroxylation sites is 1. The summed E-state index contributed by atoms with van der Waals surface area (Å²) in [6.07, 6.45) is 0. The number of nitrogens with one attached hydrogen (secondary N) is 1. The van der Waals surface area contributed by atoms with Gasteiger partial charge in [-0.1, -0.05) is 53.4 Å². The molecule has 4 rings (SSSR count). The number of carbonyl (C=O) groups is 1. The molecular weight excluding hydrogens is 447 g/mol. The van der Waals surface area contributed by atoms with Gasteiger partial charge >= 0.3 is 0 Å². The quantitative estimate of drug-likeness (QED) is 0.363. The molecule has 0 saturated heterocycles. The molecule has 6 nitrogen and oxygen atoms in total. The molecule has 2 heterocycles. The van der Waals surface area contributed by atoms with E-state index in [0.717, 1.165) is 25.9 Å². The fraction of sp³-hybridized carbons (Fsp3) is 0.261. The van der Waals surface area contributed by atoms with Crippen molar-refractivity contribution >= 4 is 40.0 Å². The Kier molecular flexibility index (Phi) is 6.88. The van der Waals surface area contributed by atoms with Crippen molar-refractivity contribution in [2.75, 3.05) is 20.6 Å². The number of hydrogen-bond acceptors (Lipinski definition) is 7. The van der Waals surface area contributed by atoms with Gasteiger partial charge in [-0.2, -0.15) is 0 Å². The highest BCUT2D eigenvalue weighted by Gasteiger charge is 2.23. The molecule has 1 amide bonds. The number of halogens is 1. The van der Waals surface area contributed by atoms with E-state index in [0.29, 0.717) is 23.6 Å². The first-order valence-electron chi connectivity index (χ1n) is 10.1. The maximum Gasteiger partial charge on any atom is 0.287 e. The fourth-order valence-corrected chi connectivity index (χ4v) is 5.29. The third-order valence-electron chi connectivity index (χ3n) is 5.09. The number of benzene rings is 2. The maximum atomic E-state index is 13.3. The summed E-state index contributed by atoms with van der Waals surface area (Å²) in [6, 6.07) is 13.8. The first-order valence-corrected chi connectivity index (χ1v) is 11.9. The number of rotatable bonds is 8. The van der Waals surface area contributed by atoms with Crippen LogP contribution in [-0.2, 0) is 5.75 Å². The summed E-state index contributed by atoms with van der Waals surface area (Å²) in [5, 5.41) is 13.0. The number of aromatic nitrogens is 2. The Morgan fingerprint density at radius 1 is 1.19 bits per heavy atom. The van der Waals surface area contributed by atoms with Crippen molar-refractivity contribution in [3.63, 3.8) is 0 Å². The molecule has 1 atom stereocenters. The van der Waals surface area contributed by atoms with Crippen LogP contribution in [0, 0.1) is 12.7 Å². The van der Waals surface area contributed by atoms with Crippen LogP contribution in [0.25, 0.3) is 11.0 Å². The van der Waals surface area contributed by atoms with Crippen molar-refractivity contribution in [2.24, 2.45) is 0 Å². The summed E-state index contributed by atoms with van der Waals surface area (Å²) in [6.45, 7) is 2.27. The molecule has 0 aliphatic heterocycles. The first-order chi connectivity index (χ1) is 15.4. The predicted molar refractivity (Wildman–Crippen MR) is 126 cm³/mol. The normalized spacial score (nSPS) is 12.4. The first kappa shape index (κ1) is 22.4. The van der Waals surface area contributed by atoms with Crippen LogP contribution in [0.1, 0.15) is 32.7 Å². The van der Waals surface area contributed by atoms with Crippen LogP contribution in [0.4, 0.5) is 4.39 Å². The predicted octanol–water partition coefficient (Wildman–Crippen LogP) is 5.06. The fourth-order valence-electron chi connectivity index (χ4n) is 3.45. The lowest BCUT2D eigenvalue weighted by molar-refractivity contribution is 0.0915. The molecule has 166 valence electrons. The van der Waals surface area contributed by atoms with Gasteiger partial charge in [0.15, 0.2) is 10.1 Å². The van der Waals surface area contributed by atoms with Crippen molar-refractivity contribution in [2.45, 2.75) is 23.1 Å². The molecule has 0 spiro atoms. The molecule has 0 aliphatic carbocycles. The Bertz CT molecular complexity index is 1220. The van der Waals surface area contributed by atoms with Crippen molar-refractivity contribution in [1.29, 1.82) is 0 Å². The highest BCUT2D eigenvalue weighted by Crippen LogP contribution is 2.33. The van der Waals surface area contributed by atoms with E-state index < -0.39 is 0 Å². The molecule has 1 N–H and O–H groups in total. The Balaban J connectivity index is 1.55. The van der Waals surface area contributed by atoms with Crippen LogP contribution >= 0.6 is 23.1 Å². The molecule has 32 heavy (non-hydrogen) atoms. The van der Waals surface area contributed by atoms with Gasteiger partial charge in [-0.3, -0.25) is 4.79 Å². The zero-order valence-corrected chi connectivity index (χ0v) is 19.6. The topological polar surface area (TPSA) is 71.3 Å². The van der Waals surface area contributed by atoms with Gasteiger partial charge in [-0.15, -0.1) is 10.2 Å². The van der Waals surface area contributed by atoms with E-state index in [2.05, 4.69) is 15.5 Å². The zero-order valence-electron chi connectivity index (χ0n) is 18.0.